The van der Waals surface area contributed by atoms with Crippen molar-refractivity contribution in [2.45, 2.75) is 66.3 Å². The molecule has 0 aliphatic carbocycles. The maximum atomic E-state index is 11.6. The summed E-state index contributed by atoms with van der Waals surface area (Å²) in [5.74, 6) is 1.59. The van der Waals surface area contributed by atoms with E-state index >= 15 is 0 Å². The third kappa shape index (κ3) is 6.27. The van der Waals surface area contributed by atoms with Gasteiger partial charge < -0.3 is 18.7 Å². The van der Waals surface area contributed by atoms with E-state index in [1.54, 1.807) is 26.3 Å². The summed E-state index contributed by atoms with van der Waals surface area (Å²) < 4.78 is 17.5. The molecule has 194 valence electrons. The highest BCUT2D eigenvalue weighted by Gasteiger charge is 2.31. The first-order valence-electron chi connectivity index (χ1n) is 12.3. The Morgan fingerprint density at radius 3 is 2.51 bits per heavy atom. The van der Waals surface area contributed by atoms with E-state index in [2.05, 4.69) is 16.0 Å². The predicted molar refractivity (Wildman–Crippen MR) is 139 cm³/mol. The molecular formula is C29H33N3O5. The smallest absolute Gasteiger partial charge is 0.347 e. The fraction of sp³-hybridized carbons (Fsp3) is 0.345. The number of rotatable bonds is 11. The molecule has 0 unspecified atom stereocenters. The van der Waals surface area contributed by atoms with Gasteiger partial charge in [-0.2, -0.15) is 0 Å². The highest BCUT2D eigenvalue weighted by atomic mass is 16.5. The second kappa shape index (κ2) is 11.0. The topological polar surface area (TPSA) is 102 Å². The number of aliphatic carboxylic acids is 1. The molecule has 37 heavy (non-hydrogen) atoms. The first-order valence-corrected chi connectivity index (χ1v) is 12.3. The van der Waals surface area contributed by atoms with Crippen molar-refractivity contribution in [3.63, 3.8) is 0 Å². The molecule has 0 bridgehead atoms. The SMILES string of the molecule is CCc1cc(CN(Cc2ncco2)Cc2nc(-c3ccccc3)oc2C)cc(C)c1OC(C)(C)C(=O)O. The monoisotopic (exact) mass is 503 g/mol. The van der Waals surface area contributed by atoms with Crippen LogP contribution in [0.3, 0.4) is 0 Å². The molecule has 0 aliphatic rings. The molecule has 0 saturated carbocycles. The van der Waals surface area contributed by atoms with Crippen LogP contribution in [0.1, 0.15) is 54.8 Å². The van der Waals surface area contributed by atoms with Crippen LogP contribution in [0.5, 0.6) is 5.75 Å². The van der Waals surface area contributed by atoms with E-state index in [0.717, 1.165) is 33.7 Å². The standard InChI is InChI=1S/C29H33N3O5/c1-6-22-15-21(14-19(2)26(22)37-29(4,5)28(33)34)16-32(18-25-30-12-13-35-25)17-24-20(3)36-27(31-24)23-10-8-7-9-11-23/h7-15H,6,16-18H2,1-5H3,(H,33,34). The number of carbonyl (C=O) groups is 1. The van der Waals surface area contributed by atoms with E-state index in [0.29, 0.717) is 43.6 Å². The Morgan fingerprint density at radius 2 is 1.86 bits per heavy atom. The number of ether oxygens (including phenoxy) is 1. The van der Waals surface area contributed by atoms with Crippen LogP contribution < -0.4 is 4.74 Å². The molecule has 0 saturated heterocycles. The summed E-state index contributed by atoms with van der Waals surface area (Å²) in [6.45, 7) is 10.7. The fourth-order valence-electron chi connectivity index (χ4n) is 4.17. The van der Waals surface area contributed by atoms with Crippen molar-refractivity contribution in [2.75, 3.05) is 0 Å². The van der Waals surface area contributed by atoms with Gasteiger partial charge in [-0.3, -0.25) is 4.90 Å². The van der Waals surface area contributed by atoms with E-state index in [1.807, 2.05) is 57.2 Å². The summed E-state index contributed by atoms with van der Waals surface area (Å²) >= 11 is 0. The molecule has 1 N–H and O–H groups in total. The predicted octanol–water partition coefficient (Wildman–Crippen LogP) is 5.95. The van der Waals surface area contributed by atoms with Crippen LogP contribution in [0.2, 0.25) is 0 Å². The normalized spacial score (nSPS) is 11.7. The van der Waals surface area contributed by atoms with E-state index in [4.69, 9.17) is 18.6 Å². The lowest BCUT2D eigenvalue weighted by Crippen LogP contribution is -2.38. The second-order valence-corrected chi connectivity index (χ2v) is 9.63. The Balaban J connectivity index is 1.61. The molecule has 4 aromatic rings. The average Bonchev–Trinajstić information content (AvgIpc) is 3.50. The summed E-state index contributed by atoms with van der Waals surface area (Å²) in [4.78, 5) is 22.9. The molecule has 0 spiro atoms. The van der Waals surface area contributed by atoms with Crippen molar-refractivity contribution in [2.24, 2.45) is 0 Å². The summed E-state index contributed by atoms with van der Waals surface area (Å²) in [6.07, 6.45) is 3.92. The number of benzene rings is 2. The minimum Gasteiger partial charge on any atom is -0.478 e. The lowest BCUT2D eigenvalue weighted by Gasteiger charge is -2.26. The zero-order valence-corrected chi connectivity index (χ0v) is 21.9. The quantitative estimate of drug-likeness (QED) is 0.268. The molecule has 8 nitrogen and oxygen atoms in total. The van der Waals surface area contributed by atoms with Crippen LogP contribution in [0.4, 0.5) is 0 Å². The van der Waals surface area contributed by atoms with Gasteiger partial charge in [-0.25, -0.2) is 14.8 Å². The van der Waals surface area contributed by atoms with Gasteiger partial charge in [0.15, 0.2) is 5.60 Å². The molecule has 0 amide bonds. The maximum Gasteiger partial charge on any atom is 0.347 e. The largest absolute Gasteiger partial charge is 0.478 e. The zero-order chi connectivity index (χ0) is 26.6. The fourth-order valence-corrected chi connectivity index (χ4v) is 4.17. The van der Waals surface area contributed by atoms with E-state index in [-0.39, 0.29) is 0 Å². The second-order valence-electron chi connectivity index (χ2n) is 9.63. The van der Waals surface area contributed by atoms with E-state index in [1.165, 1.54) is 0 Å². The summed E-state index contributed by atoms with van der Waals surface area (Å²) in [6, 6.07) is 14.0. The Hall–Kier alpha value is -3.91. The number of aromatic nitrogens is 2. The van der Waals surface area contributed by atoms with E-state index < -0.39 is 11.6 Å². The maximum absolute atomic E-state index is 11.6. The molecule has 2 heterocycles. The Kier molecular flexibility index (Phi) is 7.78. The number of hydrogen-bond acceptors (Lipinski definition) is 7. The van der Waals surface area contributed by atoms with Gasteiger partial charge >= 0.3 is 5.97 Å². The zero-order valence-electron chi connectivity index (χ0n) is 21.9. The van der Waals surface area contributed by atoms with Gasteiger partial charge in [0.2, 0.25) is 11.8 Å². The molecule has 0 radical (unpaired) electrons. The van der Waals surface area contributed by atoms with Gasteiger partial charge in [-0.15, -0.1) is 0 Å². The number of oxazole rings is 2. The minimum absolute atomic E-state index is 0.491. The summed E-state index contributed by atoms with van der Waals surface area (Å²) in [7, 11) is 0. The van der Waals surface area contributed by atoms with Crippen molar-refractivity contribution >= 4 is 5.97 Å². The molecular weight excluding hydrogens is 470 g/mol. The molecule has 0 atom stereocenters. The Labute approximate surface area is 216 Å². The third-order valence-corrected chi connectivity index (χ3v) is 6.20. The molecule has 4 rings (SSSR count). The minimum atomic E-state index is -1.33. The lowest BCUT2D eigenvalue weighted by molar-refractivity contribution is -0.152. The van der Waals surface area contributed by atoms with Gasteiger partial charge in [-0.05, 0) is 62.9 Å². The van der Waals surface area contributed by atoms with Gasteiger partial charge in [0, 0.05) is 18.7 Å². The molecule has 8 heteroatoms. The first kappa shape index (κ1) is 26.2. The van der Waals surface area contributed by atoms with Crippen LogP contribution >= 0.6 is 0 Å². The van der Waals surface area contributed by atoms with Crippen molar-refractivity contribution in [1.29, 1.82) is 0 Å². The van der Waals surface area contributed by atoms with Crippen molar-refractivity contribution in [3.05, 3.63) is 89.0 Å². The van der Waals surface area contributed by atoms with Gasteiger partial charge in [0.1, 0.15) is 17.8 Å². The number of carboxylic acids is 1. The van der Waals surface area contributed by atoms with Crippen LogP contribution in [0, 0.1) is 13.8 Å². The number of hydrogen-bond donors (Lipinski definition) is 1. The highest BCUT2D eigenvalue weighted by molar-refractivity contribution is 5.77. The highest BCUT2D eigenvalue weighted by Crippen LogP contribution is 2.31. The van der Waals surface area contributed by atoms with E-state index in [9.17, 15) is 9.90 Å². The summed E-state index contributed by atoms with van der Waals surface area (Å²) in [5.41, 5.74) is 3.38. The van der Waals surface area contributed by atoms with Crippen molar-refractivity contribution < 1.29 is 23.5 Å². The average molecular weight is 504 g/mol. The van der Waals surface area contributed by atoms with Gasteiger partial charge in [-0.1, -0.05) is 37.3 Å². The summed E-state index contributed by atoms with van der Waals surface area (Å²) in [5, 5.41) is 9.53. The number of aryl methyl sites for hydroxylation is 3. The van der Waals surface area contributed by atoms with Gasteiger partial charge in [0.05, 0.1) is 18.4 Å². The van der Waals surface area contributed by atoms with Crippen LogP contribution in [0.25, 0.3) is 11.5 Å². The first-order chi connectivity index (χ1) is 17.7. The molecule has 2 aromatic heterocycles. The van der Waals surface area contributed by atoms with Gasteiger partial charge in [0.25, 0.3) is 0 Å². The lowest BCUT2D eigenvalue weighted by atomic mass is 10.0. The molecule has 0 fully saturated rings. The van der Waals surface area contributed by atoms with Crippen LogP contribution in [-0.4, -0.2) is 31.5 Å². The van der Waals surface area contributed by atoms with Crippen molar-refractivity contribution in [3.8, 4) is 17.2 Å². The third-order valence-electron chi connectivity index (χ3n) is 6.20. The molecule has 0 aliphatic heterocycles. The number of carboxylic acid groups (broad SMARTS) is 1. The number of nitrogens with zero attached hydrogens (tertiary/aromatic N) is 3. The Bertz CT molecular complexity index is 1340. The van der Waals surface area contributed by atoms with Crippen LogP contribution in [-0.2, 0) is 30.8 Å². The molecule has 2 aromatic carbocycles. The Morgan fingerprint density at radius 1 is 1.11 bits per heavy atom. The van der Waals surface area contributed by atoms with Crippen molar-refractivity contribution in [1.82, 2.24) is 14.9 Å². The van der Waals surface area contributed by atoms with Crippen LogP contribution in [0.15, 0.2) is 63.8 Å².